The Labute approximate surface area is 114 Å². The summed E-state index contributed by atoms with van der Waals surface area (Å²) in [6.45, 7) is 1.79. The first-order valence-corrected chi connectivity index (χ1v) is 5.82. The maximum Gasteiger partial charge on any atom is 0.415 e. The number of amides is 3. The van der Waals surface area contributed by atoms with Gasteiger partial charge in [-0.25, -0.2) is 14.9 Å². The van der Waals surface area contributed by atoms with Crippen molar-refractivity contribution in [2.45, 2.75) is 6.92 Å². The van der Waals surface area contributed by atoms with Gasteiger partial charge in [0.1, 0.15) is 0 Å². The SMILES string of the molecule is CCOC(=O)NC(=O)Nc1nnc(-c2ccccc2)o1. The predicted octanol–water partition coefficient (Wildman–Crippen LogP) is 2.01. The number of carbonyl (C=O) groups is 2. The largest absolute Gasteiger partial charge is 0.450 e. The molecule has 0 aliphatic carbocycles. The molecule has 0 atom stereocenters. The smallest absolute Gasteiger partial charge is 0.415 e. The van der Waals surface area contributed by atoms with E-state index in [1.807, 2.05) is 23.5 Å². The number of ether oxygens (including phenoxy) is 1. The number of imide groups is 1. The maximum atomic E-state index is 11.4. The summed E-state index contributed by atoms with van der Waals surface area (Å²) in [6, 6.07) is 8.13. The number of carbonyl (C=O) groups excluding carboxylic acids is 2. The van der Waals surface area contributed by atoms with E-state index >= 15 is 0 Å². The Hall–Kier alpha value is -2.90. The zero-order valence-corrected chi connectivity index (χ0v) is 10.6. The molecule has 1 heterocycles. The highest BCUT2D eigenvalue weighted by Gasteiger charge is 2.13. The number of benzene rings is 1. The van der Waals surface area contributed by atoms with E-state index < -0.39 is 12.1 Å². The van der Waals surface area contributed by atoms with E-state index in [9.17, 15) is 9.59 Å². The van der Waals surface area contributed by atoms with Gasteiger partial charge in [-0.3, -0.25) is 5.32 Å². The van der Waals surface area contributed by atoms with Crippen molar-refractivity contribution < 1.29 is 18.7 Å². The second kappa shape index (κ2) is 6.32. The lowest BCUT2D eigenvalue weighted by Crippen LogP contribution is -2.34. The number of hydrogen-bond acceptors (Lipinski definition) is 6. The maximum absolute atomic E-state index is 11.4. The second-order valence-electron chi connectivity index (χ2n) is 3.58. The van der Waals surface area contributed by atoms with Crippen LogP contribution in [0.1, 0.15) is 6.92 Å². The van der Waals surface area contributed by atoms with Crippen molar-refractivity contribution >= 4 is 18.1 Å². The van der Waals surface area contributed by atoms with Crippen molar-refractivity contribution in [1.29, 1.82) is 0 Å². The van der Waals surface area contributed by atoms with Crippen LogP contribution in [0.2, 0.25) is 0 Å². The van der Waals surface area contributed by atoms with E-state index in [1.54, 1.807) is 19.1 Å². The molecular formula is C12H12N4O4. The van der Waals surface area contributed by atoms with E-state index in [0.717, 1.165) is 5.56 Å². The van der Waals surface area contributed by atoms with Crippen LogP contribution in [0.3, 0.4) is 0 Å². The van der Waals surface area contributed by atoms with Gasteiger partial charge in [-0.05, 0) is 19.1 Å². The average molecular weight is 276 g/mol. The van der Waals surface area contributed by atoms with Crippen LogP contribution in [-0.4, -0.2) is 28.9 Å². The number of alkyl carbamates (subject to hydrolysis) is 1. The van der Waals surface area contributed by atoms with Gasteiger partial charge in [-0.2, -0.15) is 0 Å². The number of anilines is 1. The third-order valence-electron chi connectivity index (χ3n) is 2.16. The van der Waals surface area contributed by atoms with Crippen LogP contribution in [0.4, 0.5) is 15.6 Å². The molecule has 0 aliphatic heterocycles. The standard InChI is InChI=1S/C12H12N4O4/c1-2-19-12(18)14-10(17)13-11-16-15-9(20-11)8-6-4-3-5-7-8/h3-7H,2H2,1H3,(H2,13,14,16,17,18). The number of hydrogen-bond donors (Lipinski definition) is 2. The van der Waals surface area contributed by atoms with Gasteiger partial charge in [0.25, 0.3) is 0 Å². The van der Waals surface area contributed by atoms with Crippen molar-refractivity contribution in [1.82, 2.24) is 15.5 Å². The Morgan fingerprint density at radius 2 is 2.00 bits per heavy atom. The summed E-state index contributed by atoms with van der Waals surface area (Å²) in [6.07, 6.45) is -0.854. The fourth-order valence-electron chi connectivity index (χ4n) is 1.36. The fraction of sp³-hybridized carbons (Fsp3) is 0.167. The minimum atomic E-state index is -0.854. The van der Waals surface area contributed by atoms with Gasteiger partial charge in [-0.15, -0.1) is 5.10 Å². The number of rotatable bonds is 3. The topological polar surface area (TPSA) is 106 Å². The Morgan fingerprint density at radius 1 is 1.25 bits per heavy atom. The highest BCUT2D eigenvalue weighted by Crippen LogP contribution is 2.18. The minimum absolute atomic E-state index is 0.120. The van der Waals surface area contributed by atoms with Crippen LogP contribution in [0.15, 0.2) is 34.7 Å². The zero-order chi connectivity index (χ0) is 14.4. The Morgan fingerprint density at radius 3 is 2.70 bits per heavy atom. The highest BCUT2D eigenvalue weighted by molar-refractivity contribution is 5.97. The van der Waals surface area contributed by atoms with Gasteiger partial charge < -0.3 is 9.15 Å². The Balaban J connectivity index is 1.96. The normalized spacial score (nSPS) is 9.85. The van der Waals surface area contributed by atoms with Crippen molar-refractivity contribution in [2.75, 3.05) is 11.9 Å². The highest BCUT2D eigenvalue weighted by atomic mass is 16.5. The van der Waals surface area contributed by atoms with Gasteiger partial charge in [0, 0.05) is 5.56 Å². The minimum Gasteiger partial charge on any atom is -0.450 e. The van der Waals surface area contributed by atoms with Crippen molar-refractivity contribution in [3.63, 3.8) is 0 Å². The molecule has 20 heavy (non-hydrogen) atoms. The van der Waals surface area contributed by atoms with Crippen LogP contribution in [0.5, 0.6) is 0 Å². The molecule has 8 heteroatoms. The summed E-state index contributed by atoms with van der Waals surface area (Å²) in [5, 5.41) is 11.6. The average Bonchev–Trinajstić information content (AvgIpc) is 2.88. The summed E-state index contributed by atoms with van der Waals surface area (Å²) < 4.78 is 9.78. The first-order valence-electron chi connectivity index (χ1n) is 5.82. The molecule has 0 unspecified atom stereocenters. The first-order chi connectivity index (χ1) is 9.69. The Bertz CT molecular complexity index is 597. The van der Waals surface area contributed by atoms with Gasteiger partial charge in [0.2, 0.25) is 5.89 Å². The third-order valence-corrected chi connectivity index (χ3v) is 2.16. The molecule has 0 aliphatic rings. The molecule has 1 aromatic carbocycles. The molecular weight excluding hydrogens is 264 g/mol. The van der Waals surface area contributed by atoms with Crippen molar-refractivity contribution in [3.05, 3.63) is 30.3 Å². The lowest BCUT2D eigenvalue weighted by Gasteiger charge is -2.02. The molecule has 8 nitrogen and oxygen atoms in total. The molecule has 0 bridgehead atoms. The summed E-state index contributed by atoms with van der Waals surface area (Å²) in [7, 11) is 0. The van der Waals surface area contributed by atoms with E-state index in [0.29, 0.717) is 0 Å². The Kier molecular flexibility index (Phi) is 4.28. The zero-order valence-electron chi connectivity index (χ0n) is 10.6. The van der Waals surface area contributed by atoms with E-state index in [4.69, 9.17) is 4.42 Å². The summed E-state index contributed by atoms with van der Waals surface area (Å²) in [4.78, 5) is 22.4. The lowest BCUT2D eigenvalue weighted by molar-refractivity contribution is 0.154. The second-order valence-corrected chi connectivity index (χ2v) is 3.58. The van der Waals surface area contributed by atoms with E-state index in [-0.39, 0.29) is 18.5 Å². The van der Waals surface area contributed by atoms with E-state index in [2.05, 4.69) is 20.3 Å². The molecule has 0 radical (unpaired) electrons. The van der Waals surface area contributed by atoms with Gasteiger partial charge in [0.05, 0.1) is 6.61 Å². The molecule has 0 fully saturated rings. The molecule has 2 aromatic rings. The first kappa shape index (κ1) is 13.5. The summed E-state index contributed by atoms with van der Waals surface area (Å²) >= 11 is 0. The number of nitrogens with one attached hydrogen (secondary N) is 2. The molecule has 104 valence electrons. The molecule has 0 saturated carbocycles. The predicted molar refractivity (Wildman–Crippen MR) is 68.9 cm³/mol. The quantitative estimate of drug-likeness (QED) is 0.888. The third kappa shape index (κ3) is 3.55. The van der Waals surface area contributed by atoms with E-state index in [1.165, 1.54) is 0 Å². The van der Waals surface area contributed by atoms with Gasteiger partial charge >= 0.3 is 18.1 Å². The van der Waals surface area contributed by atoms with Gasteiger partial charge in [-0.1, -0.05) is 23.3 Å². The molecule has 0 saturated heterocycles. The van der Waals surface area contributed by atoms with Crippen molar-refractivity contribution in [3.8, 4) is 11.5 Å². The van der Waals surface area contributed by atoms with Crippen LogP contribution in [0, 0.1) is 0 Å². The number of urea groups is 1. The fourth-order valence-corrected chi connectivity index (χ4v) is 1.36. The number of aromatic nitrogens is 2. The number of nitrogens with zero attached hydrogens (tertiary/aromatic N) is 2. The molecule has 1 aromatic heterocycles. The molecule has 3 amide bonds. The molecule has 0 spiro atoms. The molecule has 2 N–H and O–H groups in total. The lowest BCUT2D eigenvalue weighted by atomic mass is 10.2. The van der Waals surface area contributed by atoms with Crippen LogP contribution < -0.4 is 10.6 Å². The van der Waals surface area contributed by atoms with Crippen LogP contribution >= 0.6 is 0 Å². The summed E-state index contributed by atoms with van der Waals surface area (Å²) in [5.74, 6) is 0.261. The van der Waals surface area contributed by atoms with Gasteiger partial charge in [0.15, 0.2) is 0 Å². The van der Waals surface area contributed by atoms with Crippen molar-refractivity contribution in [2.24, 2.45) is 0 Å². The molecule has 2 rings (SSSR count). The van der Waals surface area contributed by atoms with Crippen LogP contribution in [0.25, 0.3) is 11.5 Å². The summed E-state index contributed by atoms with van der Waals surface area (Å²) in [5.41, 5.74) is 0.721. The van der Waals surface area contributed by atoms with Crippen LogP contribution in [-0.2, 0) is 4.74 Å². The monoisotopic (exact) mass is 276 g/mol.